The predicted octanol–water partition coefficient (Wildman–Crippen LogP) is 2.78. The van der Waals surface area contributed by atoms with Gasteiger partial charge in [0.2, 0.25) is 12.7 Å². The summed E-state index contributed by atoms with van der Waals surface area (Å²) in [6, 6.07) is 5.63. The second-order valence-electron chi connectivity index (χ2n) is 4.56. The minimum atomic E-state index is 0.261. The molecule has 94 valence electrons. The molecule has 5 nitrogen and oxygen atoms in total. The van der Waals surface area contributed by atoms with Gasteiger partial charge in [-0.15, -0.1) is 0 Å². The van der Waals surface area contributed by atoms with Gasteiger partial charge in [0.15, 0.2) is 11.5 Å². The molecule has 3 rings (SSSR count). The number of hydrogen-bond donors (Lipinski definition) is 1. The first kappa shape index (κ1) is 11.0. The van der Waals surface area contributed by atoms with Crippen molar-refractivity contribution in [2.24, 2.45) is 0 Å². The highest BCUT2D eigenvalue weighted by Crippen LogP contribution is 2.41. The number of benzene rings is 1. The van der Waals surface area contributed by atoms with Crippen LogP contribution in [-0.4, -0.2) is 11.9 Å². The second kappa shape index (κ2) is 3.94. The van der Waals surface area contributed by atoms with Crippen LogP contribution in [0.1, 0.15) is 25.3 Å². The Morgan fingerprint density at radius 1 is 1.17 bits per heavy atom. The Labute approximate surface area is 104 Å². The van der Waals surface area contributed by atoms with Gasteiger partial charge in [-0.3, -0.25) is 0 Å². The van der Waals surface area contributed by atoms with Crippen molar-refractivity contribution in [1.29, 1.82) is 0 Å². The second-order valence-corrected chi connectivity index (χ2v) is 4.56. The number of nitrogens with two attached hydrogens (primary N) is 1. The van der Waals surface area contributed by atoms with E-state index in [1.807, 2.05) is 12.1 Å². The van der Waals surface area contributed by atoms with E-state index in [1.54, 1.807) is 6.07 Å². The molecule has 2 aromatic rings. The number of anilines is 1. The molecular formula is C13H14N2O3. The Kier molecular flexibility index (Phi) is 2.40. The third kappa shape index (κ3) is 1.68. The Hall–Kier alpha value is -2.17. The molecule has 0 saturated carbocycles. The maximum absolute atomic E-state index is 5.57. The summed E-state index contributed by atoms with van der Waals surface area (Å²) in [6.45, 7) is 4.49. The van der Waals surface area contributed by atoms with Gasteiger partial charge in [-0.1, -0.05) is 19.0 Å². The van der Waals surface area contributed by atoms with Crippen LogP contribution in [0.3, 0.4) is 0 Å². The van der Waals surface area contributed by atoms with Gasteiger partial charge in [0, 0.05) is 11.6 Å². The van der Waals surface area contributed by atoms with Crippen LogP contribution in [-0.2, 0) is 0 Å². The Morgan fingerprint density at radius 3 is 2.50 bits per heavy atom. The largest absolute Gasteiger partial charge is 0.454 e. The van der Waals surface area contributed by atoms with Gasteiger partial charge in [-0.2, -0.15) is 0 Å². The normalized spacial score (nSPS) is 13.3. The van der Waals surface area contributed by atoms with Crippen molar-refractivity contribution in [3.8, 4) is 22.8 Å². The number of hydrogen-bond acceptors (Lipinski definition) is 5. The lowest BCUT2D eigenvalue weighted by molar-refractivity contribution is 0.174. The van der Waals surface area contributed by atoms with Crippen LogP contribution in [0.5, 0.6) is 11.5 Å². The molecule has 1 aromatic heterocycles. The summed E-state index contributed by atoms with van der Waals surface area (Å²) in [6.07, 6.45) is 0. The third-order valence-corrected chi connectivity index (χ3v) is 2.97. The van der Waals surface area contributed by atoms with Crippen molar-refractivity contribution in [1.82, 2.24) is 5.16 Å². The van der Waals surface area contributed by atoms with Crippen LogP contribution >= 0.6 is 0 Å². The molecule has 18 heavy (non-hydrogen) atoms. The van der Waals surface area contributed by atoms with Crippen LogP contribution in [0.2, 0.25) is 0 Å². The van der Waals surface area contributed by atoms with Crippen molar-refractivity contribution < 1.29 is 14.0 Å². The molecule has 0 aliphatic carbocycles. The van der Waals surface area contributed by atoms with E-state index in [0.717, 1.165) is 28.3 Å². The molecule has 1 aliphatic rings. The summed E-state index contributed by atoms with van der Waals surface area (Å²) in [7, 11) is 0. The lowest BCUT2D eigenvalue weighted by Gasteiger charge is -2.11. The monoisotopic (exact) mass is 246 g/mol. The standard InChI is InChI=1S/C13H14N2O3/c1-7(2)8-3-11-12(17-6-16-11)4-9(8)10-5-13(14)18-15-10/h3-5,7H,6,14H2,1-2H3. The fraction of sp³-hybridized carbons (Fsp3) is 0.308. The van der Waals surface area contributed by atoms with Gasteiger partial charge in [-0.05, 0) is 23.6 Å². The molecule has 0 radical (unpaired) electrons. The van der Waals surface area contributed by atoms with Crippen LogP contribution in [0.4, 0.5) is 5.88 Å². The highest BCUT2D eigenvalue weighted by Gasteiger charge is 2.21. The summed E-state index contributed by atoms with van der Waals surface area (Å²) in [5.74, 6) is 2.15. The SMILES string of the molecule is CC(C)c1cc2c(cc1-c1cc(N)on1)OCO2. The van der Waals surface area contributed by atoms with E-state index in [2.05, 4.69) is 19.0 Å². The number of nitrogens with zero attached hydrogens (tertiary/aromatic N) is 1. The highest BCUT2D eigenvalue weighted by molar-refractivity contribution is 5.70. The van der Waals surface area contributed by atoms with Crippen molar-refractivity contribution in [2.75, 3.05) is 12.5 Å². The van der Waals surface area contributed by atoms with Gasteiger partial charge >= 0.3 is 0 Å². The van der Waals surface area contributed by atoms with Crippen molar-refractivity contribution in [3.05, 3.63) is 23.8 Å². The zero-order chi connectivity index (χ0) is 12.7. The molecule has 5 heteroatoms. The molecule has 1 aromatic carbocycles. The maximum atomic E-state index is 5.57. The number of fused-ring (bicyclic) bond motifs is 1. The van der Waals surface area contributed by atoms with Crippen LogP contribution in [0.25, 0.3) is 11.3 Å². The number of aromatic nitrogens is 1. The summed E-state index contributed by atoms with van der Waals surface area (Å²) >= 11 is 0. The molecule has 0 spiro atoms. The number of nitrogen functional groups attached to an aromatic ring is 1. The molecule has 0 bridgehead atoms. The van der Waals surface area contributed by atoms with E-state index >= 15 is 0 Å². The summed E-state index contributed by atoms with van der Waals surface area (Å²) in [4.78, 5) is 0. The van der Waals surface area contributed by atoms with Crippen molar-refractivity contribution >= 4 is 5.88 Å². The van der Waals surface area contributed by atoms with Crippen LogP contribution < -0.4 is 15.2 Å². The van der Waals surface area contributed by atoms with Gasteiger partial charge in [0.05, 0.1) is 0 Å². The molecular weight excluding hydrogens is 232 g/mol. The molecule has 2 N–H and O–H groups in total. The highest BCUT2D eigenvalue weighted by atomic mass is 16.7. The molecule has 1 aliphatic heterocycles. The fourth-order valence-corrected chi connectivity index (χ4v) is 2.07. The molecule has 0 saturated heterocycles. The van der Waals surface area contributed by atoms with Gasteiger partial charge in [0.1, 0.15) is 5.69 Å². The Bertz CT molecular complexity index is 590. The van der Waals surface area contributed by atoms with E-state index in [0.29, 0.717) is 11.8 Å². The predicted molar refractivity (Wildman–Crippen MR) is 66.6 cm³/mol. The van der Waals surface area contributed by atoms with Gasteiger partial charge in [0.25, 0.3) is 0 Å². The van der Waals surface area contributed by atoms with Gasteiger partial charge in [-0.25, -0.2) is 0 Å². The summed E-state index contributed by atoms with van der Waals surface area (Å²) < 4.78 is 15.7. The summed E-state index contributed by atoms with van der Waals surface area (Å²) in [5.41, 5.74) is 8.39. The Balaban J connectivity index is 2.17. The lowest BCUT2D eigenvalue weighted by Crippen LogP contribution is -1.93. The zero-order valence-electron chi connectivity index (χ0n) is 10.3. The Morgan fingerprint density at radius 2 is 1.89 bits per heavy atom. The molecule has 2 heterocycles. The molecule has 0 atom stereocenters. The summed E-state index contributed by atoms with van der Waals surface area (Å²) in [5, 5.41) is 3.96. The molecule has 0 amide bonds. The van der Waals surface area contributed by atoms with Crippen molar-refractivity contribution in [3.63, 3.8) is 0 Å². The average molecular weight is 246 g/mol. The minimum absolute atomic E-state index is 0.261. The van der Waals surface area contributed by atoms with E-state index in [9.17, 15) is 0 Å². The minimum Gasteiger partial charge on any atom is -0.454 e. The average Bonchev–Trinajstić information content (AvgIpc) is 2.94. The van der Waals surface area contributed by atoms with Crippen LogP contribution in [0, 0.1) is 0 Å². The third-order valence-electron chi connectivity index (χ3n) is 2.97. The van der Waals surface area contributed by atoms with E-state index < -0.39 is 0 Å². The quantitative estimate of drug-likeness (QED) is 0.882. The molecule has 0 unspecified atom stereocenters. The van der Waals surface area contributed by atoms with Gasteiger partial charge < -0.3 is 19.7 Å². The topological polar surface area (TPSA) is 70.5 Å². The van der Waals surface area contributed by atoms with E-state index in [-0.39, 0.29) is 6.79 Å². The zero-order valence-corrected chi connectivity index (χ0v) is 10.3. The van der Waals surface area contributed by atoms with E-state index in [1.165, 1.54) is 0 Å². The number of rotatable bonds is 2. The van der Waals surface area contributed by atoms with E-state index in [4.69, 9.17) is 19.7 Å². The number of ether oxygens (including phenoxy) is 2. The maximum Gasteiger partial charge on any atom is 0.231 e. The lowest BCUT2D eigenvalue weighted by atomic mass is 9.94. The van der Waals surface area contributed by atoms with Crippen LogP contribution in [0.15, 0.2) is 22.7 Å². The molecule has 0 fully saturated rings. The fourth-order valence-electron chi connectivity index (χ4n) is 2.07. The first-order valence-electron chi connectivity index (χ1n) is 5.81. The first-order valence-corrected chi connectivity index (χ1v) is 5.81. The first-order chi connectivity index (χ1) is 8.65. The van der Waals surface area contributed by atoms with Crippen molar-refractivity contribution in [2.45, 2.75) is 19.8 Å². The smallest absolute Gasteiger partial charge is 0.231 e.